The van der Waals surface area contributed by atoms with E-state index in [0.29, 0.717) is 27.9 Å². The lowest BCUT2D eigenvalue weighted by Crippen LogP contribution is -2.55. The molecule has 1 amide bonds. The molecule has 2 aromatic carbocycles. The molecular formula is C37H44FN5O4Si. The molecular weight excluding hydrogens is 626 g/mol. The largest absolute Gasteiger partial charge is 0.468 e. The zero-order chi connectivity index (χ0) is 34.2. The molecule has 2 unspecified atom stereocenters. The average Bonchev–Trinajstić information content (AvgIpc) is 3.31. The first-order valence-corrected chi connectivity index (χ1v) is 19.0. The second-order valence-electron chi connectivity index (χ2n) is 13.8. The zero-order valence-corrected chi connectivity index (χ0v) is 29.8. The third-order valence-corrected chi connectivity index (χ3v) is 16.5. The summed E-state index contributed by atoms with van der Waals surface area (Å²) < 4.78 is 33.5. The summed E-state index contributed by atoms with van der Waals surface area (Å²) in [5.74, 6) is 3.41. The standard InChI is InChI=1S/C37H44FN5O4Si/c1-22(2)48(23(3)4,24(5)6)14-13-25-9-8-10-26-15-29(46-21-45-7)16-30(32(25)26)34-33(38)35-31(19-40-34)36(42-20-41-35)47-37(44)43-27-11-12-28(43)18-39-17-27/h8-10,15-16,19-20,22-24,27-28,39H,11-12,17-18,21H2,1-7H3. The van der Waals surface area contributed by atoms with E-state index in [4.69, 9.17) is 14.2 Å². The van der Waals surface area contributed by atoms with Crippen molar-refractivity contribution < 1.29 is 23.4 Å². The number of amides is 1. The van der Waals surface area contributed by atoms with Crippen LogP contribution in [0.4, 0.5) is 9.18 Å². The Bertz CT molecular complexity index is 1870. The lowest BCUT2D eigenvalue weighted by Gasteiger charge is -2.38. The molecule has 2 bridgehead atoms. The van der Waals surface area contributed by atoms with Crippen molar-refractivity contribution in [3.05, 3.63) is 54.2 Å². The minimum absolute atomic E-state index is 0.00635. The smallest absolute Gasteiger partial charge is 0.417 e. The number of nitrogens with zero attached hydrogens (tertiary/aromatic N) is 4. The minimum atomic E-state index is -2.06. The molecule has 0 saturated carbocycles. The van der Waals surface area contributed by atoms with Gasteiger partial charge in [-0.15, -0.1) is 5.54 Å². The van der Waals surface area contributed by atoms with Gasteiger partial charge in [-0.25, -0.2) is 19.2 Å². The van der Waals surface area contributed by atoms with Crippen LogP contribution < -0.4 is 14.8 Å². The van der Waals surface area contributed by atoms with Gasteiger partial charge in [-0.2, -0.15) is 0 Å². The Kier molecular flexibility index (Phi) is 9.70. The summed E-state index contributed by atoms with van der Waals surface area (Å²) in [5.41, 5.74) is 6.59. The first kappa shape index (κ1) is 33.8. The monoisotopic (exact) mass is 669 g/mol. The quantitative estimate of drug-likeness (QED) is 0.117. The highest BCUT2D eigenvalue weighted by Crippen LogP contribution is 2.42. The Morgan fingerprint density at radius 3 is 2.42 bits per heavy atom. The molecule has 2 aromatic heterocycles. The highest BCUT2D eigenvalue weighted by atomic mass is 28.3. The lowest BCUT2D eigenvalue weighted by atomic mass is 9.96. The molecule has 4 heterocycles. The summed E-state index contributed by atoms with van der Waals surface area (Å²) in [6.45, 7) is 15.2. The van der Waals surface area contributed by atoms with E-state index in [1.807, 2.05) is 24.3 Å². The molecule has 1 N–H and O–H groups in total. The second-order valence-corrected chi connectivity index (χ2v) is 19.3. The Hall–Kier alpha value is -4.11. The number of halogens is 1. The Morgan fingerprint density at radius 2 is 1.75 bits per heavy atom. The normalized spacial score (nSPS) is 17.8. The van der Waals surface area contributed by atoms with Crippen LogP contribution in [0.2, 0.25) is 16.6 Å². The number of ether oxygens (including phenoxy) is 3. The number of benzene rings is 2. The molecule has 2 saturated heterocycles. The topological polar surface area (TPSA) is 98.7 Å². The Labute approximate surface area is 282 Å². The number of fused-ring (bicyclic) bond motifs is 4. The van der Waals surface area contributed by atoms with Gasteiger partial charge in [0, 0.05) is 55.0 Å². The predicted molar refractivity (Wildman–Crippen MR) is 188 cm³/mol. The van der Waals surface area contributed by atoms with Gasteiger partial charge in [0.05, 0.1) is 5.39 Å². The molecule has 2 aliphatic rings. The Morgan fingerprint density at radius 1 is 1.04 bits per heavy atom. The third kappa shape index (κ3) is 6.02. The van der Waals surface area contributed by atoms with Crippen LogP contribution in [0, 0.1) is 17.3 Å². The van der Waals surface area contributed by atoms with Gasteiger partial charge < -0.3 is 19.5 Å². The number of hydrogen-bond acceptors (Lipinski definition) is 8. The van der Waals surface area contributed by atoms with Crippen molar-refractivity contribution in [3.63, 3.8) is 0 Å². The van der Waals surface area contributed by atoms with E-state index in [0.717, 1.165) is 42.3 Å². The fourth-order valence-electron chi connectivity index (χ4n) is 7.96. The van der Waals surface area contributed by atoms with Crippen molar-refractivity contribution in [1.82, 2.24) is 25.2 Å². The molecule has 4 aromatic rings. The number of carbonyl (C=O) groups excluding carboxylic acids is 1. The number of aromatic nitrogens is 3. The molecule has 6 rings (SSSR count). The van der Waals surface area contributed by atoms with Crippen LogP contribution in [-0.2, 0) is 4.74 Å². The molecule has 48 heavy (non-hydrogen) atoms. The van der Waals surface area contributed by atoms with E-state index in [1.165, 1.54) is 12.5 Å². The van der Waals surface area contributed by atoms with Crippen LogP contribution in [0.5, 0.6) is 11.6 Å². The second kappa shape index (κ2) is 13.8. The fourth-order valence-corrected chi connectivity index (χ4v) is 13.2. The van der Waals surface area contributed by atoms with E-state index in [-0.39, 0.29) is 41.4 Å². The molecule has 9 nitrogen and oxygen atoms in total. The maximum atomic E-state index is 16.7. The maximum absolute atomic E-state index is 16.7. The highest BCUT2D eigenvalue weighted by molar-refractivity contribution is 6.90. The number of methoxy groups -OCH3 is 1. The van der Waals surface area contributed by atoms with Crippen molar-refractivity contribution in [2.75, 3.05) is 27.0 Å². The van der Waals surface area contributed by atoms with E-state index < -0.39 is 20.0 Å². The van der Waals surface area contributed by atoms with Crippen LogP contribution in [0.3, 0.4) is 0 Å². The minimum Gasteiger partial charge on any atom is -0.468 e. The van der Waals surface area contributed by atoms with Gasteiger partial charge in [-0.1, -0.05) is 59.6 Å². The van der Waals surface area contributed by atoms with Crippen LogP contribution >= 0.6 is 0 Å². The third-order valence-electron chi connectivity index (χ3n) is 10.2. The zero-order valence-electron chi connectivity index (χ0n) is 28.8. The van der Waals surface area contributed by atoms with Crippen molar-refractivity contribution in [1.29, 1.82) is 0 Å². The predicted octanol–water partition coefficient (Wildman–Crippen LogP) is 7.47. The van der Waals surface area contributed by atoms with Crippen LogP contribution in [0.15, 0.2) is 42.9 Å². The van der Waals surface area contributed by atoms with Crippen molar-refractivity contribution in [3.8, 4) is 34.4 Å². The van der Waals surface area contributed by atoms with Crippen molar-refractivity contribution in [2.24, 2.45) is 0 Å². The maximum Gasteiger partial charge on any atom is 0.417 e. The molecule has 2 fully saturated rings. The lowest BCUT2D eigenvalue weighted by molar-refractivity contribution is 0.0512. The van der Waals surface area contributed by atoms with Crippen molar-refractivity contribution in [2.45, 2.75) is 83.1 Å². The summed E-state index contributed by atoms with van der Waals surface area (Å²) in [4.78, 5) is 28.1. The molecule has 11 heteroatoms. The summed E-state index contributed by atoms with van der Waals surface area (Å²) in [7, 11) is -0.518. The van der Waals surface area contributed by atoms with Crippen LogP contribution in [-0.4, -0.2) is 73.1 Å². The number of piperazine rings is 1. The van der Waals surface area contributed by atoms with Gasteiger partial charge in [-0.3, -0.25) is 9.88 Å². The number of carbonyl (C=O) groups is 1. The van der Waals surface area contributed by atoms with Gasteiger partial charge in [-0.05, 0) is 53.1 Å². The van der Waals surface area contributed by atoms with Crippen LogP contribution in [0.1, 0.15) is 59.9 Å². The Balaban J connectivity index is 1.48. The van der Waals surface area contributed by atoms with Gasteiger partial charge in [0.25, 0.3) is 0 Å². The first-order valence-electron chi connectivity index (χ1n) is 16.8. The van der Waals surface area contributed by atoms with E-state index in [9.17, 15) is 4.79 Å². The summed E-state index contributed by atoms with van der Waals surface area (Å²) in [6, 6.07) is 9.71. The van der Waals surface area contributed by atoms with Gasteiger partial charge in [0.15, 0.2) is 12.6 Å². The number of nitrogens with one attached hydrogen (secondary N) is 1. The van der Waals surface area contributed by atoms with E-state index in [1.54, 1.807) is 18.1 Å². The van der Waals surface area contributed by atoms with Gasteiger partial charge >= 0.3 is 6.09 Å². The van der Waals surface area contributed by atoms with Crippen molar-refractivity contribution >= 4 is 35.8 Å². The van der Waals surface area contributed by atoms with Crippen LogP contribution in [0.25, 0.3) is 32.9 Å². The average molecular weight is 670 g/mol. The molecule has 252 valence electrons. The van der Waals surface area contributed by atoms with E-state index in [2.05, 4.69) is 73.3 Å². The molecule has 0 radical (unpaired) electrons. The number of rotatable bonds is 8. The first-order chi connectivity index (χ1) is 23.1. The summed E-state index contributed by atoms with van der Waals surface area (Å²) in [5, 5.41) is 5.18. The summed E-state index contributed by atoms with van der Waals surface area (Å²) >= 11 is 0. The van der Waals surface area contributed by atoms with Gasteiger partial charge in [0.2, 0.25) is 5.88 Å². The fraction of sp³-hybridized carbons (Fsp3) is 0.459. The van der Waals surface area contributed by atoms with E-state index >= 15 is 4.39 Å². The SMILES string of the molecule is COCOc1cc(-c2ncc3c(OC(=O)N4C5CCC4CNC5)ncnc3c2F)c2c(C#C[Si](C(C)C)(C(C)C)C(C)C)cccc2c1. The number of hydrogen-bond donors (Lipinski definition) is 1. The van der Waals surface area contributed by atoms with Gasteiger partial charge in [0.1, 0.15) is 31.4 Å². The molecule has 0 spiro atoms. The highest BCUT2D eigenvalue weighted by Gasteiger charge is 2.42. The molecule has 2 atom stereocenters. The summed E-state index contributed by atoms with van der Waals surface area (Å²) in [6.07, 6.45) is 4.03. The molecule has 0 aliphatic carbocycles. The number of pyridine rings is 1. The molecule has 2 aliphatic heterocycles.